The molecular formula is C28H14O7. The normalized spacial score (nSPS) is 13.0. The van der Waals surface area contributed by atoms with Crippen molar-refractivity contribution in [3.05, 3.63) is 127 Å². The molecule has 4 heterocycles. The van der Waals surface area contributed by atoms with Gasteiger partial charge in [0, 0.05) is 5.56 Å². The van der Waals surface area contributed by atoms with Crippen LogP contribution in [0.25, 0.3) is 32.9 Å². The van der Waals surface area contributed by atoms with Gasteiger partial charge in [-0.05, 0) is 36.4 Å². The number of ether oxygens (including phenoxy) is 1. The van der Waals surface area contributed by atoms with E-state index in [-0.39, 0.29) is 33.6 Å². The number of fused-ring (bicyclic) bond motifs is 7. The monoisotopic (exact) mass is 462 g/mol. The topological polar surface area (TPSA) is 99.9 Å². The predicted octanol–water partition coefficient (Wildman–Crippen LogP) is 5.29. The van der Waals surface area contributed by atoms with E-state index in [9.17, 15) is 14.4 Å². The molecule has 0 fully saturated rings. The summed E-state index contributed by atoms with van der Waals surface area (Å²) < 4.78 is 23.2. The van der Waals surface area contributed by atoms with Crippen molar-refractivity contribution in [2.24, 2.45) is 0 Å². The van der Waals surface area contributed by atoms with E-state index in [0.717, 1.165) is 0 Å². The molecule has 7 rings (SSSR count). The van der Waals surface area contributed by atoms with Crippen LogP contribution in [0.1, 0.15) is 22.6 Å². The minimum Gasteiger partial charge on any atom is -0.464 e. The van der Waals surface area contributed by atoms with Gasteiger partial charge in [0.15, 0.2) is 5.43 Å². The van der Waals surface area contributed by atoms with Gasteiger partial charge in [-0.1, -0.05) is 36.4 Å². The van der Waals surface area contributed by atoms with Crippen LogP contribution in [0, 0.1) is 0 Å². The average Bonchev–Trinajstić information content (AvgIpc) is 2.88. The highest BCUT2D eigenvalue weighted by atomic mass is 16.5. The SMILES string of the molecule is O=c1oc2ccccc2c2c1C(c1coc3ccccc3c1=O)c1c(c3ccccc3oc1=O)O2. The second kappa shape index (κ2) is 7.04. The lowest BCUT2D eigenvalue weighted by molar-refractivity contribution is 0.427. The van der Waals surface area contributed by atoms with Gasteiger partial charge in [-0.3, -0.25) is 4.79 Å². The van der Waals surface area contributed by atoms with Crippen molar-refractivity contribution >= 4 is 32.9 Å². The van der Waals surface area contributed by atoms with Crippen molar-refractivity contribution in [2.75, 3.05) is 0 Å². The first-order valence-electron chi connectivity index (χ1n) is 10.9. The van der Waals surface area contributed by atoms with E-state index in [1.807, 2.05) is 0 Å². The Morgan fingerprint density at radius 1 is 0.571 bits per heavy atom. The van der Waals surface area contributed by atoms with Gasteiger partial charge in [-0.25, -0.2) is 9.59 Å². The predicted molar refractivity (Wildman–Crippen MR) is 128 cm³/mol. The zero-order chi connectivity index (χ0) is 23.7. The molecule has 1 aliphatic rings. The van der Waals surface area contributed by atoms with E-state index < -0.39 is 17.2 Å². The molecule has 35 heavy (non-hydrogen) atoms. The van der Waals surface area contributed by atoms with Gasteiger partial charge in [0.2, 0.25) is 0 Å². The summed E-state index contributed by atoms with van der Waals surface area (Å²) >= 11 is 0. The van der Waals surface area contributed by atoms with E-state index >= 15 is 0 Å². The molecule has 0 N–H and O–H groups in total. The smallest absolute Gasteiger partial charge is 0.344 e. The molecule has 7 nitrogen and oxygen atoms in total. The molecule has 0 saturated carbocycles. The minimum absolute atomic E-state index is 0.0429. The van der Waals surface area contributed by atoms with Crippen LogP contribution >= 0.6 is 0 Å². The first kappa shape index (κ1) is 19.5. The van der Waals surface area contributed by atoms with Crippen LogP contribution in [0.2, 0.25) is 0 Å². The Balaban J connectivity index is 1.68. The fourth-order valence-corrected chi connectivity index (χ4v) is 4.84. The Bertz CT molecular complexity index is 1910. The summed E-state index contributed by atoms with van der Waals surface area (Å²) in [5.41, 5.74) is -0.542. The average molecular weight is 462 g/mol. The highest BCUT2D eigenvalue weighted by Gasteiger charge is 2.39. The summed E-state index contributed by atoms with van der Waals surface area (Å²) in [7, 11) is 0. The number of hydrogen-bond donors (Lipinski definition) is 0. The highest BCUT2D eigenvalue weighted by Crippen LogP contribution is 2.49. The molecule has 0 amide bonds. The van der Waals surface area contributed by atoms with Crippen molar-refractivity contribution < 1.29 is 18.0 Å². The summed E-state index contributed by atoms with van der Waals surface area (Å²) in [5, 5.41) is 1.41. The van der Waals surface area contributed by atoms with E-state index in [2.05, 4.69) is 0 Å². The van der Waals surface area contributed by atoms with Crippen molar-refractivity contribution in [3.63, 3.8) is 0 Å². The fraction of sp³-hybridized carbons (Fsp3) is 0.0357. The second-order valence-corrected chi connectivity index (χ2v) is 8.31. The molecule has 0 spiro atoms. The lowest BCUT2D eigenvalue weighted by atomic mass is 9.83. The number of rotatable bonds is 1. The number of para-hydroxylation sites is 3. The summed E-state index contributed by atoms with van der Waals surface area (Å²) in [6, 6.07) is 20.7. The zero-order valence-corrected chi connectivity index (χ0v) is 17.9. The Labute approximate surface area is 195 Å². The zero-order valence-electron chi connectivity index (χ0n) is 17.9. The molecule has 0 saturated heterocycles. The van der Waals surface area contributed by atoms with E-state index in [4.69, 9.17) is 18.0 Å². The van der Waals surface area contributed by atoms with Crippen LogP contribution < -0.4 is 21.4 Å². The van der Waals surface area contributed by atoms with Crippen molar-refractivity contribution in [1.29, 1.82) is 0 Å². The maximum Gasteiger partial charge on any atom is 0.344 e. The third-order valence-electron chi connectivity index (χ3n) is 6.40. The molecule has 0 atom stereocenters. The molecule has 0 radical (unpaired) electrons. The fourth-order valence-electron chi connectivity index (χ4n) is 4.84. The first-order valence-corrected chi connectivity index (χ1v) is 10.9. The standard InChI is InChI=1S/C28H14O7/c29-24-14-7-1-4-10-18(14)32-13-17(24)21-22-25(15-8-2-5-11-19(15)33-27(22)30)35-26-16-9-3-6-12-20(16)34-28(31)23(21)26/h1-13,21H. The van der Waals surface area contributed by atoms with Crippen LogP contribution in [0.5, 0.6) is 11.5 Å². The molecule has 3 aromatic heterocycles. The third kappa shape index (κ3) is 2.69. The molecule has 0 aliphatic carbocycles. The molecule has 7 heteroatoms. The van der Waals surface area contributed by atoms with Crippen LogP contribution in [0.15, 0.2) is 107 Å². The van der Waals surface area contributed by atoms with Crippen LogP contribution in [-0.4, -0.2) is 0 Å². The van der Waals surface area contributed by atoms with Crippen molar-refractivity contribution in [2.45, 2.75) is 5.92 Å². The molecule has 0 bridgehead atoms. The van der Waals surface area contributed by atoms with E-state index in [1.165, 1.54) is 6.26 Å². The molecular weight excluding hydrogens is 448 g/mol. The molecule has 6 aromatic rings. The quantitative estimate of drug-likeness (QED) is 0.306. The van der Waals surface area contributed by atoms with Crippen LogP contribution in [-0.2, 0) is 0 Å². The number of benzene rings is 3. The van der Waals surface area contributed by atoms with Crippen molar-refractivity contribution in [3.8, 4) is 11.5 Å². The Morgan fingerprint density at radius 2 is 1.06 bits per heavy atom. The first-order chi connectivity index (χ1) is 17.1. The maximum absolute atomic E-state index is 13.6. The van der Waals surface area contributed by atoms with E-state index in [1.54, 1.807) is 72.8 Å². The lowest BCUT2D eigenvalue weighted by Gasteiger charge is -2.27. The van der Waals surface area contributed by atoms with Crippen LogP contribution in [0.4, 0.5) is 0 Å². The van der Waals surface area contributed by atoms with Crippen molar-refractivity contribution in [1.82, 2.24) is 0 Å². The van der Waals surface area contributed by atoms with Gasteiger partial charge < -0.3 is 18.0 Å². The third-order valence-corrected chi connectivity index (χ3v) is 6.40. The highest BCUT2D eigenvalue weighted by molar-refractivity contribution is 5.91. The summed E-state index contributed by atoms with van der Waals surface area (Å²) in [4.78, 5) is 40.2. The molecule has 3 aromatic carbocycles. The Hall–Kier alpha value is -4.91. The Kier molecular flexibility index (Phi) is 3.93. The summed E-state index contributed by atoms with van der Waals surface area (Å²) in [6.07, 6.45) is 1.29. The summed E-state index contributed by atoms with van der Waals surface area (Å²) in [5.74, 6) is -0.647. The van der Waals surface area contributed by atoms with Gasteiger partial charge in [-0.2, -0.15) is 0 Å². The van der Waals surface area contributed by atoms with Gasteiger partial charge in [0.05, 0.1) is 39.5 Å². The molecule has 0 unspecified atom stereocenters. The van der Waals surface area contributed by atoms with E-state index in [0.29, 0.717) is 32.9 Å². The van der Waals surface area contributed by atoms with Gasteiger partial charge in [0.1, 0.15) is 28.2 Å². The van der Waals surface area contributed by atoms with Gasteiger partial charge >= 0.3 is 11.3 Å². The molecule has 168 valence electrons. The lowest BCUT2D eigenvalue weighted by Crippen LogP contribution is -2.29. The summed E-state index contributed by atoms with van der Waals surface area (Å²) in [6.45, 7) is 0. The number of hydrogen-bond acceptors (Lipinski definition) is 7. The van der Waals surface area contributed by atoms with Gasteiger partial charge in [-0.15, -0.1) is 0 Å². The minimum atomic E-state index is -1.11. The molecule has 1 aliphatic heterocycles. The largest absolute Gasteiger partial charge is 0.464 e. The Morgan fingerprint density at radius 3 is 1.63 bits per heavy atom. The maximum atomic E-state index is 13.6. The van der Waals surface area contributed by atoms with Crippen LogP contribution in [0.3, 0.4) is 0 Å². The van der Waals surface area contributed by atoms with Gasteiger partial charge in [0.25, 0.3) is 0 Å². The second-order valence-electron chi connectivity index (χ2n) is 8.31.